The molecular weight excluding hydrogens is 309 g/mol. The minimum absolute atomic E-state index is 0.318. The van der Waals surface area contributed by atoms with E-state index in [1.165, 1.54) is 6.20 Å². The molecule has 0 aliphatic carbocycles. The summed E-state index contributed by atoms with van der Waals surface area (Å²) in [5.74, 6) is 0.318. The van der Waals surface area contributed by atoms with Crippen molar-refractivity contribution in [2.24, 2.45) is 0 Å². The normalized spacial score (nSPS) is 11.1. The molecule has 2 aromatic heterocycles. The topological polar surface area (TPSA) is 64.9 Å². The average molecular weight is 315 g/mol. The number of halogens is 3. The second kappa shape index (κ2) is 4.56. The molecule has 0 saturated heterocycles. The minimum atomic E-state index is 0.318. The molecule has 7 heteroatoms. The van der Waals surface area contributed by atoms with Crippen LogP contribution in [0.5, 0.6) is 0 Å². The average Bonchev–Trinajstić information content (AvgIpc) is 2.76. The van der Waals surface area contributed by atoms with Gasteiger partial charge in [0.1, 0.15) is 5.52 Å². The Morgan fingerprint density at radius 2 is 1.84 bits per heavy atom. The van der Waals surface area contributed by atoms with E-state index in [9.17, 15) is 0 Å². The van der Waals surface area contributed by atoms with Crippen molar-refractivity contribution in [3.63, 3.8) is 0 Å². The summed E-state index contributed by atoms with van der Waals surface area (Å²) in [6.45, 7) is 0. The van der Waals surface area contributed by atoms with Gasteiger partial charge in [-0.15, -0.1) is 0 Å². The van der Waals surface area contributed by atoms with Gasteiger partial charge in [-0.1, -0.05) is 34.8 Å². The van der Waals surface area contributed by atoms with Crippen LogP contribution in [0.2, 0.25) is 15.1 Å². The Morgan fingerprint density at radius 1 is 1.05 bits per heavy atom. The number of hydrogen-bond acceptors (Lipinski definition) is 4. The van der Waals surface area contributed by atoms with E-state index >= 15 is 0 Å². The fourth-order valence-corrected chi connectivity index (χ4v) is 2.26. The van der Waals surface area contributed by atoms with E-state index in [-0.39, 0.29) is 0 Å². The Kier molecular flexibility index (Phi) is 3.01. The van der Waals surface area contributed by atoms with E-state index < -0.39 is 0 Å². The molecule has 0 spiro atoms. The van der Waals surface area contributed by atoms with Gasteiger partial charge in [-0.2, -0.15) is 0 Å². The lowest BCUT2D eigenvalue weighted by molar-refractivity contribution is 0.608. The molecule has 96 valence electrons. The number of anilines is 1. The number of pyridine rings is 1. The summed E-state index contributed by atoms with van der Waals surface area (Å²) in [4.78, 5) is 8.31. The van der Waals surface area contributed by atoms with Crippen LogP contribution in [0.3, 0.4) is 0 Å². The van der Waals surface area contributed by atoms with Crippen LogP contribution in [0, 0.1) is 0 Å². The van der Waals surface area contributed by atoms with Gasteiger partial charge < -0.3 is 10.2 Å². The highest BCUT2D eigenvalue weighted by atomic mass is 35.5. The molecule has 1 aromatic carbocycles. The minimum Gasteiger partial charge on any atom is -0.418 e. The van der Waals surface area contributed by atoms with Crippen molar-refractivity contribution in [3.05, 3.63) is 39.5 Å². The fourth-order valence-electron chi connectivity index (χ4n) is 1.64. The highest BCUT2D eigenvalue weighted by molar-refractivity contribution is 6.37. The summed E-state index contributed by atoms with van der Waals surface area (Å²) < 4.78 is 5.52. The summed E-state index contributed by atoms with van der Waals surface area (Å²) in [5.41, 5.74) is 7.63. The molecule has 0 bridgehead atoms. The molecule has 0 radical (unpaired) electrons. The highest BCUT2D eigenvalue weighted by Crippen LogP contribution is 2.35. The van der Waals surface area contributed by atoms with Gasteiger partial charge in [0.05, 0.1) is 26.3 Å². The maximum Gasteiger partial charge on any atom is 0.247 e. The first-order valence-electron chi connectivity index (χ1n) is 5.21. The number of rotatable bonds is 1. The van der Waals surface area contributed by atoms with Crippen molar-refractivity contribution in [1.29, 1.82) is 0 Å². The predicted octanol–water partition coefficient (Wildman–Crippen LogP) is 4.43. The molecule has 0 aliphatic rings. The van der Waals surface area contributed by atoms with Crippen molar-refractivity contribution >= 4 is 51.7 Å². The van der Waals surface area contributed by atoms with Crippen LogP contribution in [0.25, 0.3) is 22.7 Å². The second-order valence-corrected chi connectivity index (χ2v) is 5.10. The maximum absolute atomic E-state index is 6.11. The summed E-state index contributed by atoms with van der Waals surface area (Å²) in [7, 11) is 0. The molecule has 0 fully saturated rings. The SMILES string of the molecule is Nc1cc(-c2nc3cc(Cl)cnc3o2)c(Cl)cc1Cl. The van der Waals surface area contributed by atoms with Crippen LogP contribution < -0.4 is 5.73 Å². The number of hydrogen-bond donors (Lipinski definition) is 1. The molecule has 0 aliphatic heterocycles. The first-order valence-corrected chi connectivity index (χ1v) is 6.35. The van der Waals surface area contributed by atoms with Gasteiger partial charge in [-0.25, -0.2) is 9.97 Å². The molecule has 3 rings (SSSR count). The number of nitrogens with two attached hydrogens (primary N) is 1. The van der Waals surface area contributed by atoms with Gasteiger partial charge in [0.15, 0.2) is 0 Å². The summed E-state index contributed by atoms with van der Waals surface area (Å²) >= 11 is 17.8. The largest absolute Gasteiger partial charge is 0.418 e. The summed E-state index contributed by atoms with van der Waals surface area (Å²) in [6, 6.07) is 4.81. The third-order valence-corrected chi connectivity index (χ3v) is 3.38. The third kappa shape index (κ3) is 2.23. The van der Waals surface area contributed by atoms with Crippen molar-refractivity contribution in [1.82, 2.24) is 9.97 Å². The maximum atomic E-state index is 6.11. The van der Waals surface area contributed by atoms with E-state index in [4.69, 9.17) is 45.0 Å². The molecular formula is C12H6Cl3N3O. The first kappa shape index (κ1) is 12.5. The molecule has 19 heavy (non-hydrogen) atoms. The third-order valence-electron chi connectivity index (χ3n) is 2.53. The van der Waals surface area contributed by atoms with Crippen LogP contribution in [0.4, 0.5) is 5.69 Å². The number of nitrogen functional groups attached to an aromatic ring is 1. The summed E-state index contributed by atoms with van der Waals surface area (Å²) in [6.07, 6.45) is 1.48. The van der Waals surface area contributed by atoms with E-state index in [2.05, 4.69) is 9.97 Å². The molecule has 0 amide bonds. The molecule has 4 nitrogen and oxygen atoms in total. The fraction of sp³-hybridized carbons (Fsp3) is 0. The zero-order chi connectivity index (χ0) is 13.6. The van der Waals surface area contributed by atoms with Crippen LogP contribution in [0.1, 0.15) is 0 Å². The van der Waals surface area contributed by atoms with E-state index in [1.807, 2.05) is 0 Å². The molecule has 0 atom stereocenters. The van der Waals surface area contributed by atoms with Crippen molar-refractivity contribution in [2.45, 2.75) is 0 Å². The standard InChI is InChI=1S/C12H6Cl3N3O/c13-5-1-10-12(17-4-5)19-11(18-10)6-2-9(16)8(15)3-7(6)14/h1-4H,16H2. The molecule has 0 unspecified atom stereocenters. The Morgan fingerprint density at radius 3 is 2.63 bits per heavy atom. The lowest BCUT2D eigenvalue weighted by Gasteiger charge is -2.03. The van der Waals surface area contributed by atoms with Gasteiger partial charge in [0, 0.05) is 6.20 Å². The van der Waals surface area contributed by atoms with Crippen molar-refractivity contribution in [3.8, 4) is 11.5 Å². The molecule has 2 heterocycles. The monoisotopic (exact) mass is 313 g/mol. The van der Waals surface area contributed by atoms with Crippen LogP contribution >= 0.6 is 34.8 Å². The Hall–Kier alpha value is -1.49. The zero-order valence-electron chi connectivity index (χ0n) is 9.32. The Labute approximate surface area is 123 Å². The smallest absolute Gasteiger partial charge is 0.247 e. The Balaban J connectivity index is 2.21. The van der Waals surface area contributed by atoms with Gasteiger partial charge in [-0.05, 0) is 18.2 Å². The number of oxazole rings is 1. The summed E-state index contributed by atoms with van der Waals surface area (Å²) in [5, 5.41) is 1.26. The lowest BCUT2D eigenvalue weighted by Crippen LogP contribution is -1.88. The van der Waals surface area contributed by atoms with Crippen LogP contribution in [-0.4, -0.2) is 9.97 Å². The predicted molar refractivity (Wildman–Crippen MR) is 76.7 cm³/mol. The van der Waals surface area contributed by atoms with E-state index in [0.717, 1.165) is 0 Å². The zero-order valence-corrected chi connectivity index (χ0v) is 11.6. The number of benzene rings is 1. The van der Waals surface area contributed by atoms with Gasteiger partial charge >= 0.3 is 0 Å². The van der Waals surface area contributed by atoms with Gasteiger partial charge in [-0.3, -0.25) is 0 Å². The number of aromatic nitrogens is 2. The van der Waals surface area contributed by atoms with Crippen LogP contribution in [-0.2, 0) is 0 Å². The number of nitrogens with zero attached hydrogens (tertiary/aromatic N) is 2. The van der Waals surface area contributed by atoms with Gasteiger partial charge in [0.25, 0.3) is 0 Å². The molecule has 2 N–H and O–H groups in total. The first-order chi connectivity index (χ1) is 9.04. The molecule has 0 saturated carbocycles. The van der Waals surface area contributed by atoms with Crippen molar-refractivity contribution < 1.29 is 4.42 Å². The quantitative estimate of drug-likeness (QED) is 0.675. The second-order valence-electron chi connectivity index (χ2n) is 3.85. The van der Waals surface area contributed by atoms with Gasteiger partial charge in [0.2, 0.25) is 11.6 Å². The van der Waals surface area contributed by atoms with E-state index in [1.54, 1.807) is 18.2 Å². The number of fused-ring (bicyclic) bond motifs is 1. The van der Waals surface area contributed by atoms with Crippen molar-refractivity contribution in [2.75, 3.05) is 5.73 Å². The van der Waals surface area contributed by atoms with Crippen LogP contribution in [0.15, 0.2) is 28.8 Å². The highest BCUT2D eigenvalue weighted by Gasteiger charge is 2.14. The lowest BCUT2D eigenvalue weighted by atomic mass is 10.2. The van der Waals surface area contributed by atoms with E-state index in [0.29, 0.717) is 43.4 Å². The molecule has 3 aromatic rings. The Bertz CT molecular complexity index is 785.